The first-order valence-electron chi connectivity index (χ1n) is 9.31. The van der Waals surface area contributed by atoms with E-state index in [0.717, 1.165) is 11.1 Å². The highest BCUT2D eigenvalue weighted by molar-refractivity contribution is 5.89. The maximum absolute atomic E-state index is 12.7. The van der Waals surface area contributed by atoms with Crippen LogP contribution in [0.4, 0.5) is 0 Å². The first-order valence-corrected chi connectivity index (χ1v) is 9.31. The summed E-state index contributed by atoms with van der Waals surface area (Å²) in [5.41, 5.74) is 2.01. The quantitative estimate of drug-likeness (QED) is 0.623. The molecular weight excluding hydrogens is 344 g/mol. The smallest absolute Gasteiger partial charge is 0.228 e. The summed E-state index contributed by atoms with van der Waals surface area (Å²) in [7, 11) is 3.21. The van der Waals surface area contributed by atoms with Crippen LogP contribution in [0.1, 0.15) is 25.8 Å². The summed E-state index contributed by atoms with van der Waals surface area (Å²) in [6, 6.07) is 5.76. The molecule has 148 valence electrons. The van der Waals surface area contributed by atoms with Crippen molar-refractivity contribution >= 4 is 11.8 Å². The van der Waals surface area contributed by atoms with Crippen molar-refractivity contribution in [2.45, 2.75) is 26.7 Å². The molecule has 6 heteroatoms. The Morgan fingerprint density at radius 3 is 2.59 bits per heavy atom. The first-order chi connectivity index (χ1) is 12.9. The molecule has 1 aromatic carbocycles. The van der Waals surface area contributed by atoms with E-state index in [9.17, 15) is 9.59 Å². The second-order valence-electron chi connectivity index (χ2n) is 6.99. The molecule has 1 aliphatic rings. The van der Waals surface area contributed by atoms with Crippen LogP contribution in [-0.4, -0.2) is 62.0 Å². The average molecular weight is 374 g/mol. The molecule has 1 aliphatic heterocycles. The fourth-order valence-corrected chi connectivity index (χ4v) is 3.38. The summed E-state index contributed by atoms with van der Waals surface area (Å²) in [6.45, 7) is 9.99. The van der Waals surface area contributed by atoms with E-state index in [1.807, 2.05) is 32.0 Å². The topological polar surface area (TPSA) is 59.1 Å². The standard InChI is InChI=1S/C21H30N2O4/c1-6-22(13-15(2)3)21(25)17-12-20(24)23(14-17)10-9-16-7-8-18(26-4)19(11-16)27-5/h7-8,11,17H,2,6,9-10,12-14H2,1,3-5H3. The largest absolute Gasteiger partial charge is 0.493 e. The van der Waals surface area contributed by atoms with Crippen LogP contribution >= 0.6 is 0 Å². The highest BCUT2D eigenvalue weighted by Gasteiger charge is 2.35. The SMILES string of the molecule is C=C(C)CN(CC)C(=O)C1CC(=O)N(CCc2ccc(OC)c(OC)c2)C1. The van der Waals surface area contributed by atoms with E-state index in [2.05, 4.69) is 6.58 Å². The lowest BCUT2D eigenvalue weighted by Crippen LogP contribution is -2.38. The molecule has 0 N–H and O–H groups in total. The normalized spacial score (nSPS) is 16.4. The third-order valence-corrected chi connectivity index (χ3v) is 4.84. The number of hydrogen-bond acceptors (Lipinski definition) is 4. The Morgan fingerprint density at radius 2 is 2.00 bits per heavy atom. The van der Waals surface area contributed by atoms with Gasteiger partial charge in [0.25, 0.3) is 0 Å². The van der Waals surface area contributed by atoms with E-state index in [1.165, 1.54) is 0 Å². The van der Waals surface area contributed by atoms with Gasteiger partial charge in [-0.05, 0) is 38.0 Å². The van der Waals surface area contributed by atoms with Crippen molar-refractivity contribution in [3.05, 3.63) is 35.9 Å². The molecule has 0 bridgehead atoms. The van der Waals surface area contributed by atoms with Gasteiger partial charge in [0.15, 0.2) is 11.5 Å². The second kappa shape index (κ2) is 9.44. The number of ether oxygens (including phenoxy) is 2. The molecule has 2 amide bonds. The van der Waals surface area contributed by atoms with Crippen molar-refractivity contribution in [2.24, 2.45) is 5.92 Å². The van der Waals surface area contributed by atoms with Crippen LogP contribution in [0.2, 0.25) is 0 Å². The average Bonchev–Trinajstić information content (AvgIpc) is 3.04. The molecule has 0 aromatic heterocycles. The number of benzene rings is 1. The third kappa shape index (κ3) is 5.25. The lowest BCUT2D eigenvalue weighted by molar-refractivity contribution is -0.135. The zero-order valence-corrected chi connectivity index (χ0v) is 16.8. The lowest BCUT2D eigenvalue weighted by atomic mass is 10.1. The summed E-state index contributed by atoms with van der Waals surface area (Å²) in [6.07, 6.45) is 0.994. The third-order valence-electron chi connectivity index (χ3n) is 4.84. The van der Waals surface area contributed by atoms with Crippen molar-refractivity contribution in [1.29, 1.82) is 0 Å². The molecule has 1 heterocycles. The Labute approximate surface area is 161 Å². The highest BCUT2D eigenvalue weighted by atomic mass is 16.5. The molecule has 27 heavy (non-hydrogen) atoms. The highest BCUT2D eigenvalue weighted by Crippen LogP contribution is 2.28. The molecule has 0 saturated carbocycles. The zero-order chi connectivity index (χ0) is 20.0. The van der Waals surface area contributed by atoms with E-state index in [1.54, 1.807) is 24.0 Å². The second-order valence-corrected chi connectivity index (χ2v) is 6.99. The zero-order valence-electron chi connectivity index (χ0n) is 16.8. The molecule has 1 saturated heterocycles. The van der Waals surface area contributed by atoms with Crippen molar-refractivity contribution in [3.8, 4) is 11.5 Å². The number of carbonyl (C=O) groups excluding carboxylic acids is 2. The summed E-state index contributed by atoms with van der Waals surface area (Å²) in [5, 5.41) is 0. The van der Waals surface area contributed by atoms with Crippen LogP contribution in [0.5, 0.6) is 11.5 Å². The van der Waals surface area contributed by atoms with Gasteiger partial charge in [0.05, 0.1) is 20.1 Å². The maximum Gasteiger partial charge on any atom is 0.228 e. The van der Waals surface area contributed by atoms with Crippen LogP contribution in [0, 0.1) is 5.92 Å². The first kappa shape index (κ1) is 20.8. The molecular formula is C21H30N2O4. The molecule has 1 aromatic rings. The molecule has 1 unspecified atom stereocenters. The van der Waals surface area contributed by atoms with E-state index in [-0.39, 0.29) is 24.2 Å². The van der Waals surface area contributed by atoms with Crippen LogP contribution in [0.25, 0.3) is 0 Å². The number of nitrogens with zero attached hydrogens (tertiary/aromatic N) is 2. The van der Waals surface area contributed by atoms with Gasteiger partial charge in [0.1, 0.15) is 0 Å². The van der Waals surface area contributed by atoms with Crippen LogP contribution in [-0.2, 0) is 16.0 Å². The Hall–Kier alpha value is -2.50. The van der Waals surface area contributed by atoms with E-state index in [4.69, 9.17) is 9.47 Å². The lowest BCUT2D eigenvalue weighted by Gasteiger charge is -2.24. The fourth-order valence-electron chi connectivity index (χ4n) is 3.38. The minimum atomic E-state index is -0.262. The Morgan fingerprint density at radius 1 is 1.30 bits per heavy atom. The van der Waals surface area contributed by atoms with Crippen molar-refractivity contribution in [1.82, 2.24) is 9.80 Å². The molecule has 1 atom stereocenters. The van der Waals surface area contributed by atoms with Crippen molar-refractivity contribution < 1.29 is 19.1 Å². The van der Waals surface area contributed by atoms with Gasteiger partial charge in [0, 0.05) is 32.6 Å². The number of carbonyl (C=O) groups is 2. The van der Waals surface area contributed by atoms with Gasteiger partial charge in [-0.15, -0.1) is 0 Å². The Bertz CT molecular complexity index is 701. The van der Waals surface area contributed by atoms with Gasteiger partial charge in [-0.25, -0.2) is 0 Å². The van der Waals surface area contributed by atoms with Crippen LogP contribution in [0.3, 0.4) is 0 Å². The number of likely N-dealkylation sites (tertiary alicyclic amines) is 1. The summed E-state index contributed by atoms with van der Waals surface area (Å²) in [5.74, 6) is 1.18. The Kier molecular flexibility index (Phi) is 7.28. The molecule has 0 radical (unpaired) electrons. The molecule has 1 fully saturated rings. The molecule has 2 rings (SSSR count). The van der Waals surface area contributed by atoms with Gasteiger partial charge in [-0.2, -0.15) is 0 Å². The minimum Gasteiger partial charge on any atom is -0.493 e. The van der Waals surface area contributed by atoms with Crippen molar-refractivity contribution in [3.63, 3.8) is 0 Å². The number of likely N-dealkylation sites (N-methyl/N-ethyl adjacent to an activating group) is 1. The molecule has 0 aliphatic carbocycles. The van der Waals surface area contributed by atoms with Gasteiger partial charge in [-0.3, -0.25) is 9.59 Å². The minimum absolute atomic E-state index is 0.0419. The molecule has 6 nitrogen and oxygen atoms in total. The summed E-state index contributed by atoms with van der Waals surface area (Å²) >= 11 is 0. The van der Waals surface area contributed by atoms with E-state index >= 15 is 0 Å². The maximum atomic E-state index is 12.7. The predicted octanol–water partition coefficient (Wildman–Crippen LogP) is 2.52. The number of hydrogen-bond donors (Lipinski definition) is 0. The number of amides is 2. The van der Waals surface area contributed by atoms with E-state index < -0.39 is 0 Å². The van der Waals surface area contributed by atoms with E-state index in [0.29, 0.717) is 44.1 Å². The summed E-state index contributed by atoms with van der Waals surface area (Å²) < 4.78 is 10.6. The van der Waals surface area contributed by atoms with Crippen molar-refractivity contribution in [2.75, 3.05) is 40.4 Å². The van der Waals surface area contributed by atoms with Gasteiger partial charge in [0.2, 0.25) is 11.8 Å². The number of methoxy groups -OCH3 is 2. The van der Waals surface area contributed by atoms with Crippen LogP contribution < -0.4 is 9.47 Å². The van der Waals surface area contributed by atoms with Gasteiger partial charge in [-0.1, -0.05) is 18.2 Å². The van der Waals surface area contributed by atoms with Crippen LogP contribution in [0.15, 0.2) is 30.4 Å². The van der Waals surface area contributed by atoms with Gasteiger partial charge < -0.3 is 19.3 Å². The monoisotopic (exact) mass is 374 g/mol. The Balaban J connectivity index is 1.96. The summed E-state index contributed by atoms with van der Waals surface area (Å²) in [4.78, 5) is 28.6. The predicted molar refractivity (Wildman–Crippen MR) is 105 cm³/mol. The van der Waals surface area contributed by atoms with Gasteiger partial charge >= 0.3 is 0 Å². The molecule has 0 spiro atoms. The number of rotatable bonds is 9. The fraction of sp³-hybridized carbons (Fsp3) is 0.524.